The fourth-order valence-corrected chi connectivity index (χ4v) is 5.66. The number of aromatic nitrogens is 1. The van der Waals surface area contributed by atoms with Crippen molar-refractivity contribution in [1.29, 1.82) is 0 Å². The summed E-state index contributed by atoms with van der Waals surface area (Å²) in [6.45, 7) is 11.3. The third-order valence-corrected chi connectivity index (χ3v) is 8.01. The van der Waals surface area contributed by atoms with E-state index in [-0.39, 0.29) is 0 Å². The summed E-state index contributed by atoms with van der Waals surface area (Å²) in [6.07, 6.45) is 9.91. The summed E-state index contributed by atoms with van der Waals surface area (Å²) in [4.78, 5) is 12.3. The zero-order valence-electron chi connectivity index (χ0n) is 19.9. The maximum absolute atomic E-state index is 5.38. The van der Waals surface area contributed by atoms with Crippen molar-refractivity contribution in [1.82, 2.24) is 20.5 Å². The van der Waals surface area contributed by atoms with Gasteiger partial charge in [-0.2, -0.15) is 0 Å². The number of likely N-dealkylation sites (tertiary alicyclic amines) is 1. The molecule has 1 aromatic rings. The van der Waals surface area contributed by atoms with E-state index in [0.717, 1.165) is 57.5 Å². The van der Waals surface area contributed by atoms with E-state index < -0.39 is 0 Å². The van der Waals surface area contributed by atoms with E-state index in [9.17, 15) is 0 Å². The topological polar surface area (TPSA) is 61.8 Å². The van der Waals surface area contributed by atoms with Gasteiger partial charge in [0.2, 0.25) is 0 Å². The van der Waals surface area contributed by atoms with Crippen molar-refractivity contribution < 1.29 is 4.74 Å². The molecule has 1 saturated heterocycles. The van der Waals surface area contributed by atoms with Crippen LogP contribution in [0.15, 0.2) is 10.4 Å². The van der Waals surface area contributed by atoms with Crippen molar-refractivity contribution in [2.24, 2.45) is 16.3 Å². The molecule has 2 fully saturated rings. The molecule has 2 N–H and O–H groups in total. The van der Waals surface area contributed by atoms with Gasteiger partial charge in [-0.1, -0.05) is 19.8 Å². The Kier molecular flexibility index (Phi) is 10.1. The number of hydrogen-bond donors (Lipinski definition) is 2. The molecule has 0 atom stereocenters. The molecule has 3 rings (SSSR count). The summed E-state index contributed by atoms with van der Waals surface area (Å²) in [5.74, 6) is 1.71. The van der Waals surface area contributed by atoms with Crippen LogP contribution in [0.4, 0.5) is 0 Å². The van der Waals surface area contributed by atoms with Gasteiger partial charge in [0.15, 0.2) is 5.96 Å². The molecule has 1 aromatic heterocycles. The Bertz CT molecular complexity index is 663. The number of guanidine groups is 1. The van der Waals surface area contributed by atoms with Gasteiger partial charge < -0.3 is 15.4 Å². The SMILES string of the molecule is CCNC(=NCC1(CCOC)CCCC1)NCC1CCN(Cc2csc(CC)n2)CC1. The van der Waals surface area contributed by atoms with E-state index in [1.54, 1.807) is 11.3 Å². The summed E-state index contributed by atoms with van der Waals surface area (Å²) in [6, 6.07) is 0. The molecule has 0 aromatic carbocycles. The summed E-state index contributed by atoms with van der Waals surface area (Å²) in [5.41, 5.74) is 1.59. The number of methoxy groups -OCH3 is 1. The van der Waals surface area contributed by atoms with Crippen LogP contribution in [0.1, 0.15) is 69.5 Å². The number of hydrogen-bond acceptors (Lipinski definition) is 5. The molecular weight excluding hydrogens is 406 g/mol. The van der Waals surface area contributed by atoms with Crippen molar-refractivity contribution in [3.8, 4) is 0 Å². The number of rotatable bonds is 11. The van der Waals surface area contributed by atoms with E-state index in [1.165, 1.54) is 62.3 Å². The van der Waals surface area contributed by atoms with Crippen LogP contribution in [-0.2, 0) is 17.7 Å². The standard InChI is InChI=1S/C24H43N5OS/c1-4-22-28-21(18-31-22)17-29-13-8-20(9-14-29)16-26-23(25-5-2)27-19-24(12-15-30-3)10-6-7-11-24/h18,20H,4-17,19H2,1-3H3,(H2,25,26,27). The molecule has 0 amide bonds. The number of aliphatic imine (C=N–C) groups is 1. The minimum atomic E-state index is 0.344. The lowest BCUT2D eigenvalue weighted by molar-refractivity contribution is 0.141. The smallest absolute Gasteiger partial charge is 0.191 e. The van der Waals surface area contributed by atoms with Crippen molar-refractivity contribution >= 4 is 17.3 Å². The molecule has 31 heavy (non-hydrogen) atoms. The Balaban J connectivity index is 1.43. The number of thiazole rings is 1. The zero-order valence-corrected chi connectivity index (χ0v) is 20.7. The third kappa shape index (κ3) is 7.72. The van der Waals surface area contributed by atoms with E-state index in [2.05, 4.69) is 34.8 Å². The van der Waals surface area contributed by atoms with Crippen molar-refractivity contribution in [3.05, 3.63) is 16.1 Å². The highest BCUT2D eigenvalue weighted by Crippen LogP contribution is 2.41. The molecule has 1 aliphatic carbocycles. The number of piperidine rings is 1. The minimum absolute atomic E-state index is 0.344. The first-order chi connectivity index (χ1) is 15.2. The predicted molar refractivity (Wildman–Crippen MR) is 131 cm³/mol. The molecule has 0 unspecified atom stereocenters. The quantitative estimate of drug-likeness (QED) is 0.394. The highest BCUT2D eigenvalue weighted by molar-refractivity contribution is 7.09. The van der Waals surface area contributed by atoms with E-state index in [1.807, 2.05) is 7.11 Å². The van der Waals surface area contributed by atoms with Gasteiger partial charge in [0.25, 0.3) is 0 Å². The Morgan fingerprint density at radius 2 is 2.03 bits per heavy atom. The lowest BCUT2D eigenvalue weighted by atomic mass is 9.83. The van der Waals surface area contributed by atoms with Crippen molar-refractivity contribution in [2.45, 2.75) is 71.8 Å². The van der Waals surface area contributed by atoms with Crippen molar-refractivity contribution in [3.63, 3.8) is 0 Å². The molecule has 176 valence electrons. The number of aryl methyl sites for hydroxylation is 1. The summed E-state index contributed by atoms with van der Waals surface area (Å²) >= 11 is 1.80. The van der Waals surface area contributed by atoms with Crippen LogP contribution in [0.3, 0.4) is 0 Å². The van der Waals surface area contributed by atoms with Gasteiger partial charge in [-0.15, -0.1) is 11.3 Å². The largest absolute Gasteiger partial charge is 0.385 e. The van der Waals surface area contributed by atoms with E-state index >= 15 is 0 Å². The van der Waals surface area contributed by atoms with Crippen LogP contribution in [0, 0.1) is 11.3 Å². The number of nitrogens with zero attached hydrogens (tertiary/aromatic N) is 3. The van der Waals surface area contributed by atoms with Crippen molar-refractivity contribution in [2.75, 3.05) is 46.4 Å². The predicted octanol–water partition coefficient (Wildman–Crippen LogP) is 4.07. The lowest BCUT2D eigenvalue weighted by Gasteiger charge is -2.32. The number of nitrogens with one attached hydrogen (secondary N) is 2. The lowest BCUT2D eigenvalue weighted by Crippen LogP contribution is -2.43. The van der Waals surface area contributed by atoms with E-state index in [4.69, 9.17) is 14.7 Å². The molecule has 0 bridgehead atoms. The Hall–Kier alpha value is -1.18. The molecule has 2 heterocycles. The monoisotopic (exact) mass is 449 g/mol. The highest BCUT2D eigenvalue weighted by atomic mass is 32.1. The first kappa shape index (κ1) is 24.5. The minimum Gasteiger partial charge on any atom is -0.385 e. The Labute approximate surface area is 193 Å². The van der Waals surface area contributed by atoms with Gasteiger partial charge in [0.05, 0.1) is 10.7 Å². The van der Waals surface area contributed by atoms with Crippen LogP contribution in [0.2, 0.25) is 0 Å². The van der Waals surface area contributed by atoms with Crippen LogP contribution in [-0.4, -0.2) is 62.3 Å². The van der Waals surface area contributed by atoms with Gasteiger partial charge in [0.1, 0.15) is 0 Å². The van der Waals surface area contributed by atoms with Gasteiger partial charge in [-0.05, 0) is 69.9 Å². The molecule has 7 heteroatoms. The second-order valence-electron chi connectivity index (χ2n) is 9.33. The fourth-order valence-electron chi connectivity index (χ4n) is 4.92. The normalized spacial score (nSPS) is 20.3. The molecular formula is C24H43N5OS. The molecule has 1 aliphatic heterocycles. The van der Waals surface area contributed by atoms with E-state index in [0.29, 0.717) is 5.41 Å². The maximum Gasteiger partial charge on any atom is 0.191 e. The molecule has 2 aliphatic rings. The highest BCUT2D eigenvalue weighted by Gasteiger charge is 2.33. The van der Waals surface area contributed by atoms with Crippen LogP contribution in [0.5, 0.6) is 0 Å². The van der Waals surface area contributed by atoms with Gasteiger partial charge in [-0.3, -0.25) is 9.89 Å². The third-order valence-electron chi connectivity index (χ3n) is 6.97. The average Bonchev–Trinajstić information content (AvgIpc) is 3.45. The summed E-state index contributed by atoms with van der Waals surface area (Å²) in [7, 11) is 1.81. The summed E-state index contributed by atoms with van der Waals surface area (Å²) in [5, 5.41) is 10.6. The van der Waals surface area contributed by atoms with Crippen LogP contribution < -0.4 is 10.6 Å². The van der Waals surface area contributed by atoms with Gasteiger partial charge >= 0.3 is 0 Å². The fraction of sp³-hybridized carbons (Fsp3) is 0.833. The maximum atomic E-state index is 5.38. The second kappa shape index (κ2) is 12.8. The van der Waals surface area contributed by atoms with Crippen LogP contribution in [0.25, 0.3) is 0 Å². The zero-order chi connectivity index (χ0) is 21.9. The number of ether oxygens (including phenoxy) is 1. The molecule has 1 saturated carbocycles. The van der Waals surface area contributed by atoms with Gasteiger partial charge in [0, 0.05) is 45.3 Å². The van der Waals surface area contributed by atoms with Crippen LogP contribution >= 0.6 is 11.3 Å². The first-order valence-electron chi connectivity index (χ1n) is 12.3. The molecule has 6 nitrogen and oxygen atoms in total. The molecule has 0 radical (unpaired) electrons. The molecule has 0 spiro atoms. The first-order valence-corrected chi connectivity index (χ1v) is 13.2. The Morgan fingerprint density at radius 3 is 2.68 bits per heavy atom. The average molecular weight is 450 g/mol. The van der Waals surface area contributed by atoms with Gasteiger partial charge in [-0.25, -0.2) is 4.98 Å². The Morgan fingerprint density at radius 1 is 1.26 bits per heavy atom. The summed E-state index contributed by atoms with van der Waals surface area (Å²) < 4.78 is 5.38. The second-order valence-corrected chi connectivity index (χ2v) is 10.3.